The lowest BCUT2D eigenvalue weighted by Gasteiger charge is -2.57. The summed E-state index contributed by atoms with van der Waals surface area (Å²) in [5.74, 6) is 1.69. The first-order valence-corrected chi connectivity index (χ1v) is 10.7. The highest BCUT2D eigenvalue weighted by Gasteiger charge is 2.62. The SMILES string of the molecule is CC(=O)O[C@@H](C)[C@H]1CC[C@H]2[C@@H]3CCC4=CC(=O)CC[C@]4(C)[C@H]3CC[C@]12C=O. The maximum absolute atomic E-state index is 12.4. The molecule has 4 heteroatoms. The van der Waals surface area contributed by atoms with Crippen LogP contribution in [0.5, 0.6) is 0 Å². The number of ketones is 1. The molecule has 4 aliphatic carbocycles. The third kappa shape index (κ3) is 2.74. The van der Waals surface area contributed by atoms with Crippen LogP contribution in [0.15, 0.2) is 11.6 Å². The van der Waals surface area contributed by atoms with Crippen molar-refractivity contribution in [3.8, 4) is 0 Å². The molecule has 4 nitrogen and oxygen atoms in total. The van der Waals surface area contributed by atoms with Gasteiger partial charge in [0.25, 0.3) is 0 Å². The van der Waals surface area contributed by atoms with Gasteiger partial charge in [-0.05, 0) is 81.1 Å². The Hall–Kier alpha value is -1.45. The highest BCUT2D eigenvalue weighted by Crippen LogP contribution is 2.66. The average molecular weight is 373 g/mol. The summed E-state index contributed by atoms with van der Waals surface area (Å²) in [4.78, 5) is 35.9. The standard InChI is InChI=1S/C23H32O4/c1-14(27-15(2)25)19-6-7-21-18-5-4-16-12-17(26)8-10-22(16,3)20(18)9-11-23(19,21)13-24/h12-14,18-21H,4-11H2,1-3H3/t14-,18+,19+,20-,21-,22-,23-/m0/s1. The van der Waals surface area contributed by atoms with Crippen molar-refractivity contribution in [3.63, 3.8) is 0 Å². The minimum Gasteiger partial charge on any atom is -0.463 e. The number of carbonyl (C=O) groups excluding carboxylic acids is 3. The summed E-state index contributed by atoms with van der Waals surface area (Å²) in [6.07, 6.45) is 10.7. The predicted octanol–water partition coefficient (Wildman–Crippen LogP) is 4.27. The van der Waals surface area contributed by atoms with Gasteiger partial charge in [-0.2, -0.15) is 0 Å². The lowest BCUT2D eigenvalue weighted by Crippen LogP contribution is -2.53. The molecule has 0 N–H and O–H groups in total. The monoisotopic (exact) mass is 372 g/mol. The third-order valence-electron chi connectivity index (χ3n) is 8.75. The van der Waals surface area contributed by atoms with Crippen LogP contribution >= 0.6 is 0 Å². The molecule has 4 aliphatic rings. The number of esters is 1. The Kier molecular flexibility index (Phi) is 4.59. The molecule has 0 aromatic rings. The third-order valence-corrected chi connectivity index (χ3v) is 8.75. The van der Waals surface area contributed by atoms with E-state index in [0.29, 0.717) is 24.2 Å². The fraction of sp³-hybridized carbons (Fsp3) is 0.783. The number of carbonyl (C=O) groups is 3. The molecule has 4 rings (SSSR count). The molecule has 0 amide bonds. The van der Waals surface area contributed by atoms with Crippen LogP contribution < -0.4 is 0 Å². The predicted molar refractivity (Wildman–Crippen MR) is 102 cm³/mol. The van der Waals surface area contributed by atoms with Crippen LogP contribution in [-0.2, 0) is 19.1 Å². The second-order valence-electron chi connectivity index (χ2n) is 9.74. The van der Waals surface area contributed by atoms with E-state index < -0.39 is 0 Å². The van der Waals surface area contributed by atoms with Gasteiger partial charge in [-0.3, -0.25) is 9.59 Å². The van der Waals surface area contributed by atoms with E-state index >= 15 is 0 Å². The number of hydrogen-bond acceptors (Lipinski definition) is 4. The fourth-order valence-corrected chi connectivity index (χ4v) is 7.58. The Morgan fingerprint density at radius 3 is 2.67 bits per heavy atom. The van der Waals surface area contributed by atoms with E-state index in [1.54, 1.807) is 0 Å². The van der Waals surface area contributed by atoms with Crippen LogP contribution in [0.2, 0.25) is 0 Å². The summed E-state index contributed by atoms with van der Waals surface area (Å²) < 4.78 is 5.52. The quantitative estimate of drug-likeness (QED) is 0.548. The van der Waals surface area contributed by atoms with E-state index in [-0.39, 0.29) is 34.6 Å². The van der Waals surface area contributed by atoms with Crippen LogP contribution in [0.25, 0.3) is 0 Å². The van der Waals surface area contributed by atoms with E-state index in [4.69, 9.17) is 4.74 Å². The van der Waals surface area contributed by atoms with E-state index in [1.165, 1.54) is 18.8 Å². The Morgan fingerprint density at radius 1 is 1.19 bits per heavy atom. The van der Waals surface area contributed by atoms with Gasteiger partial charge < -0.3 is 9.53 Å². The molecule has 27 heavy (non-hydrogen) atoms. The summed E-state index contributed by atoms with van der Waals surface area (Å²) in [5.41, 5.74) is 1.16. The normalized spacial score (nSPS) is 44.4. The zero-order valence-electron chi connectivity index (χ0n) is 16.8. The van der Waals surface area contributed by atoms with Gasteiger partial charge in [-0.1, -0.05) is 12.5 Å². The average Bonchev–Trinajstić information content (AvgIpc) is 3.02. The number of rotatable bonds is 3. The zero-order chi connectivity index (χ0) is 19.4. The molecule has 0 unspecified atom stereocenters. The smallest absolute Gasteiger partial charge is 0.302 e. The summed E-state index contributed by atoms with van der Waals surface area (Å²) in [6.45, 7) is 5.78. The first-order valence-electron chi connectivity index (χ1n) is 10.7. The minimum atomic E-state index is -0.335. The van der Waals surface area contributed by atoms with Crippen molar-refractivity contribution in [2.75, 3.05) is 0 Å². The van der Waals surface area contributed by atoms with Gasteiger partial charge in [-0.25, -0.2) is 0 Å². The molecule has 0 aromatic carbocycles. The number of aldehydes is 1. The van der Waals surface area contributed by atoms with Crippen LogP contribution in [0.1, 0.15) is 72.1 Å². The summed E-state index contributed by atoms with van der Waals surface area (Å²) in [7, 11) is 0. The second-order valence-corrected chi connectivity index (χ2v) is 9.74. The molecule has 0 radical (unpaired) electrons. The van der Waals surface area contributed by atoms with Crippen molar-refractivity contribution >= 4 is 18.0 Å². The Bertz CT molecular complexity index is 694. The van der Waals surface area contributed by atoms with Gasteiger partial charge in [0, 0.05) is 24.7 Å². The molecule has 148 valence electrons. The Labute approximate surface area is 162 Å². The van der Waals surface area contributed by atoms with Crippen molar-refractivity contribution in [2.24, 2.45) is 34.5 Å². The van der Waals surface area contributed by atoms with Crippen molar-refractivity contribution in [1.29, 1.82) is 0 Å². The lowest BCUT2D eigenvalue weighted by molar-refractivity contribution is -0.156. The van der Waals surface area contributed by atoms with Gasteiger partial charge in [0.15, 0.2) is 5.78 Å². The summed E-state index contributed by atoms with van der Waals surface area (Å²) in [6, 6.07) is 0. The van der Waals surface area contributed by atoms with Crippen molar-refractivity contribution in [3.05, 3.63) is 11.6 Å². The van der Waals surface area contributed by atoms with Gasteiger partial charge in [0.1, 0.15) is 12.4 Å². The van der Waals surface area contributed by atoms with Gasteiger partial charge in [-0.15, -0.1) is 0 Å². The summed E-state index contributed by atoms with van der Waals surface area (Å²) >= 11 is 0. The highest BCUT2D eigenvalue weighted by atomic mass is 16.5. The number of hydrogen-bond donors (Lipinski definition) is 0. The van der Waals surface area contributed by atoms with Gasteiger partial charge in [0.05, 0.1) is 0 Å². The van der Waals surface area contributed by atoms with Crippen molar-refractivity contribution < 1.29 is 19.1 Å². The maximum atomic E-state index is 12.4. The molecule has 0 aromatic heterocycles. The molecule has 0 bridgehead atoms. The zero-order valence-corrected chi connectivity index (χ0v) is 16.8. The van der Waals surface area contributed by atoms with E-state index in [0.717, 1.165) is 44.9 Å². The highest BCUT2D eigenvalue weighted by molar-refractivity contribution is 5.91. The first-order chi connectivity index (χ1) is 12.8. The first kappa shape index (κ1) is 18.9. The minimum absolute atomic E-state index is 0.130. The Morgan fingerprint density at radius 2 is 1.96 bits per heavy atom. The number of ether oxygens (including phenoxy) is 1. The molecule has 0 saturated heterocycles. The largest absolute Gasteiger partial charge is 0.463 e. The molecule has 0 spiro atoms. The van der Waals surface area contributed by atoms with E-state index in [2.05, 4.69) is 6.92 Å². The fourth-order valence-electron chi connectivity index (χ4n) is 7.58. The maximum Gasteiger partial charge on any atom is 0.302 e. The molecule has 0 aliphatic heterocycles. The van der Waals surface area contributed by atoms with Gasteiger partial charge in [0.2, 0.25) is 0 Å². The van der Waals surface area contributed by atoms with Crippen LogP contribution in [0.4, 0.5) is 0 Å². The van der Waals surface area contributed by atoms with Crippen LogP contribution in [-0.4, -0.2) is 24.1 Å². The molecule has 7 atom stereocenters. The molecule has 3 fully saturated rings. The summed E-state index contributed by atoms with van der Waals surface area (Å²) in [5, 5.41) is 0. The van der Waals surface area contributed by atoms with Crippen LogP contribution in [0, 0.1) is 34.5 Å². The Balaban J connectivity index is 1.63. The lowest BCUT2D eigenvalue weighted by atomic mass is 9.46. The molecule has 3 saturated carbocycles. The molecular weight excluding hydrogens is 340 g/mol. The topological polar surface area (TPSA) is 60.4 Å². The van der Waals surface area contributed by atoms with Gasteiger partial charge >= 0.3 is 5.97 Å². The van der Waals surface area contributed by atoms with Crippen molar-refractivity contribution in [2.45, 2.75) is 78.2 Å². The van der Waals surface area contributed by atoms with E-state index in [1.807, 2.05) is 13.0 Å². The van der Waals surface area contributed by atoms with Crippen molar-refractivity contribution in [1.82, 2.24) is 0 Å². The second kappa shape index (κ2) is 6.56. The number of fused-ring (bicyclic) bond motifs is 5. The van der Waals surface area contributed by atoms with E-state index in [9.17, 15) is 14.4 Å². The molecule has 0 heterocycles. The number of allylic oxidation sites excluding steroid dienone is 1. The van der Waals surface area contributed by atoms with Crippen LogP contribution in [0.3, 0.4) is 0 Å². The molecular formula is C23H32O4.